The standard InChI is InChI=1S/C27H21F3N2O3S2/c1-2-18-6-3-4-9-22(18)31-24(33)16-35-21-12-10-17(11-13-21)14-23-25(34)32(26(36)37-23)20-8-5-7-19(15-20)27(28,29)30/h3-15H,2,16H2,1H3,(H,31,33)/b23-14-. The third-order valence-corrected chi connectivity index (χ3v) is 6.75. The average molecular weight is 543 g/mol. The van der Waals surface area contributed by atoms with Gasteiger partial charge in [0.05, 0.1) is 16.2 Å². The van der Waals surface area contributed by atoms with E-state index in [4.69, 9.17) is 17.0 Å². The summed E-state index contributed by atoms with van der Waals surface area (Å²) in [7, 11) is 0. The number of hydrogen-bond acceptors (Lipinski definition) is 5. The van der Waals surface area contributed by atoms with Crippen LogP contribution in [0.2, 0.25) is 0 Å². The number of thioether (sulfide) groups is 1. The highest BCUT2D eigenvalue weighted by molar-refractivity contribution is 8.27. The molecular weight excluding hydrogens is 521 g/mol. The summed E-state index contributed by atoms with van der Waals surface area (Å²) in [5, 5.41) is 2.84. The van der Waals surface area contributed by atoms with Crippen molar-refractivity contribution in [3.8, 4) is 5.75 Å². The van der Waals surface area contributed by atoms with Crippen molar-refractivity contribution >= 4 is 57.6 Å². The van der Waals surface area contributed by atoms with Crippen LogP contribution in [0.4, 0.5) is 24.5 Å². The highest BCUT2D eigenvalue weighted by Crippen LogP contribution is 2.38. The van der Waals surface area contributed by atoms with Gasteiger partial charge in [-0.1, -0.05) is 67.3 Å². The summed E-state index contributed by atoms with van der Waals surface area (Å²) in [4.78, 5) is 26.6. The molecule has 4 rings (SSSR count). The van der Waals surface area contributed by atoms with Gasteiger partial charge in [-0.05, 0) is 60.0 Å². The molecule has 0 unspecified atom stereocenters. The first-order valence-electron chi connectivity index (χ1n) is 11.2. The molecule has 0 aromatic heterocycles. The van der Waals surface area contributed by atoms with E-state index in [1.165, 1.54) is 12.1 Å². The van der Waals surface area contributed by atoms with Gasteiger partial charge < -0.3 is 10.1 Å². The molecule has 1 aliphatic heterocycles. The van der Waals surface area contributed by atoms with E-state index >= 15 is 0 Å². The number of halogens is 3. The molecule has 0 atom stereocenters. The third kappa shape index (κ3) is 6.39. The number of nitrogens with one attached hydrogen (secondary N) is 1. The number of aryl methyl sites for hydroxylation is 1. The molecule has 1 fully saturated rings. The van der Waals surface area contributed by atoms with E-state index in [9.17, 15) is 22.8 Å². The van der Waals surface area contributed by atoms with Crippen molar-refractivity contribution < 1.29 is 27.5 Å². The summed E-state index contributed by atoms with van der Waals surface area (Å²) < 4.78 is 45.0. The van der Waals surface area contributed by atoms with Crippen molar-refractivity contribution in [2.75, 3.05) is 16.8 Å². The van der Waals surface area contributed by atoms with Gasteiger partial charge in [-0.3, -0.25) is 14.5 Å². The number of benzene rings is 3. The Morgan fingerprint density at radius 3 is 2.51 bits per heavy atom. The fourth-order valence-corrected chi connectivity index (χ4v) is 4.91. The van der Waals surface area contributed by atoms with Crippen LogP contribution in [0.3, 0.4) is 0 Å². The molecule has 0 aliphatic carbocycles. The minimum Gasteiger partial charge on any atom is -0.484 e. The summed E-state index contributed by atoms with van der Waals surface area (Å²) in [6.45, 7) is 1.83. The highest BCUT2D eigenvalue weighted by atomic mass is 32.2. The number of ether oxygens (including phenoxy) is 1. The minimum atomic E-state index is -4.53. The molecule has 0 saturated carbocycles. The smallest absolute Gasteiger partial charge is 0.416 e. The Bertz CT molecular complexity index is 1370. The molecule has 5 nitrogen and oxygen atoms in total. The minimum absolute atomic E-state index is 0.0595. The van der Waals surface area contributed by atoms with Crippen LogP contribution in [0.5, 0.6) is 5.75 Å². The van der Waals surface area contributed by atoms with E-state index < -0.39 is 17.6 Å². The second-order valence-electron chi connectivity index (χ2n) is 7.98. The summed E-state index contributed by atoms with van der Waals surface area (Å²) in [6.07, 6.45) is -2.14. The third-order valence-electron chi connectivity index (χ3n) is 5.45. The first-order valence-corrected chi connectivity index (χ1v) is 12.4. The normalized spacial score (nSPS) is 14.8. The molecule has 10 heteroatoms. The van der Waals surface area contributed by atoms with Gasteiger partial charge >= 0.3 is 6.18 Å². The number of amides is 2. The molecular formula is C27H21F3N2O3S2. The lowest BCUT2D eigenvalue weighted by Gasteiger charge is -2.16. The zero-order chi connectivity index (χ0) is 26.6. The molecule has 37 heavy (non-hydrogen) atoms. The summed E-state index contributed by atoms with van der Waals surface area (Å²) >= 11 is 6.27. The second kappa shape index (κ2) is 11.2. The Labute approximate surface area is 221 Å². The Hall–Kier alpha value is -3.63. The Kier molecular flexibility index (Phi) is 7.99. The van der Waals surface area contributed by atoms with E-state index in [-0.39, 0.29) is 27.4 Å². The zero-order valence-electron chi connectivity index (χ0n) is 19.5. The van der Waals surface area contributed by atoms with Crippen molar-refractivity contribution in [2.45, 2.75) is 19.5 Å². The van der Waals surface area contributed by atoms with Gasteiger partial charge in [0, 0.05) is 5.69 Å². The van der Waals surface area contributed by atoms with E-state index in [2.05, 4.69) is 5.32 Å². The average Bonchev–Trinajstić information content (AvgIpc) is 3.15. The molecule has 0 radical (unpaired) electrons. The number of alkyl halides is 3. The lowest BCUT2D eigenvalue weighted by Crippen LogP contribution is -2.27. The van der Waals surface area contributed by atoms with Crippen molar-refractivity contribution in [3.63, 3.8) is 0 Å². The number of rotatable bonds is 7. The lowest BCUT2D eigenvalue weighted by atomic mass is 10.1. The molecule has 0 bridgehead atoms. The molecule has 3 aromatic rings. The Morgan fingerprint density at radius 1 is 1.08 bits per heavy atom. The Balaban J connectivity index is 1.39. The molecule has 1 aliphatic rings. The van der Waals surface area contributed by atoms with Crippen molar-refractivity contribution in [3.05, 3.63) is 94.4 Å². The van der Waals surface area contributed by atoms with E-state index in [0.717, 1.165) is 46.5 Å². The summed E-state index contributed by atoms with van der Waals surface area (Å²) in [5.41, 5.74) is 1.64. The van der Waals surface area contributed by atoms with Crippen LogP contribution in [0.1, 0.15) is 23.6 Å². The van der Waals surface area contributed by atoms with Crippen LogP contribution < -0.4 is 15.0 Å². The highest BCUT2D eigenvalue weighted by Gasteiger charge is 2.36. The molecule has 2 amide bonds. The first kappa shape index (κ1) is 26.4. The van der Waals surface area contributed by atoms with Gasteiger partial charge in [-0.25, -0.2) is 0 Å². The molecule has 0 spiro atoms. The molecule has 190 valence electrons. The van der Waals surface area contributed by atoms with Gasteiger partial charge in [-0.2, -0.15) is 13.2 Å². The van der Waals surface area contributed by atoms with Crippen LogP contribution >= 0.6 is 24.0 Å². The van der Waals surface area contributed by atoms with Gasteiger partial charge in [0.1, 0.15) is 5.75 Å². The van der Waals surface area contributed by atoms with Gasteiger partial charge in [-0.15, -0.1) is 0 Å². The maximum Gasteiger partial charge on any atom is 0.416 e. The quantitative estimate of drug-likeness (QED) is 0.266. The second-order valence-corrected chi connectivity index (χ2v) is 9.66. The summed E-state index contributed by atoms with van der Waals surface area (Å²) in [5.74, 6) is -0.325. The fourth-order valence-electron chi connectivity index (χ4n) is 3.61. The van der Waals surface area contributed by atoms with Crippen molar-refractivity contribution in [2.24, 2.45) is 0 Å². The Morgan fingerprint density at radius 2 is 1.81 bits per heavy atom. The predicted octanol–water partition coefficient (Wildman–Crippen LogP) is 6.69. The first-order chi connectivity index (χ1) is 17.7. The number of carbonyl (C=O) groups is 2. The molecule has 3 aromatic carbocycles. The van der Waals surface area contributed by atoms with Crippen molar-refractivity contribution in [1.29, 1.82) is 0 Å². The number of para-hydroxylation sites is 1. The van der Waals surface area contributed by atoms with E-state index in [1.807, 2.05) is 31.2 Å². The topological polar surface area (TPSA) is 58.6 Å². The number of anilines is 2. The van der Waals surface area contributed by atoms with Gasteiger partial charge in [0.15, 0.2) is 10.9 Å². The van der Waals surface area contributed by atoms with Gasteiger partial charge in [0.25, 0.3) is 11.8 Å². The molecule has 1 heterocycles. The van der Waals surface area contributed by atoms with Crippen LogP contribution in [0.25, 0.3) is 6.08 Å². The van der Waals surface area contributed by atoms with Crippen molar-refractivity contribution in [1.82, 2.24) is 0 Å². The van der Waals surface area contributed by atoms with Crippen LogP contribution in [-0.4, -0.2) is 22.7 Å². The fraction of sp³-hybridized carbons (Fsp3) is 0.148. The number of carbonyl (C=O) groups excluding carboxylic acids is 2. The SMILES string of the molecule is CCc1ccccc1NC(=O)COc1ccc(/C=C2\SC(=S)N(c3cccc(C(F)(F)F)c3)C2=O)cc1. The van der Waals surface area contributed by atoms with E-state index in [1.54, 1.807) is 30.3 Å². The zero-order valence-corrected chi connectivity index (χ0v) is 21.2. The van der Waals surface area contributed by atoms with Gasteiger partial charge in [0.2, 0.25) is 0 Å². The maximum atomic E-state index is 13.1. The largest absolute Gasteiger partial charge is 0.484 e. The lowest BCUT2D eigenvalue weighted by molar-refractivity contribution is -0.137. The number of hydrogen-bond donors (Lipinski definition) is 1. The van der Waals surface area contributed by atoms with E-state index in [0.29, 0.717) is 11.3 Å². The van der Waals surface area contributed by atoms with Crippen LogP contribution in [0.15, 0.2) is 77.7 Å². The van der Waals surface area contributed by atoms with Crippen LogP contribution in [-0.2, 0) is 22.2 Å². The molecule has 1 N–H and O–H groups in total. The maximum absolute atomic E-state index is 13.1. The van der Waals surface area contributed by atoms with Crippen LogP contribution in [0, 0.1) is 0 Å². The monoisotopic (exact) mass is 542 g/mol. The predicted molar refractivity (Wildman–Crippen MR) is 143 cm³/mol. The number of thiocarbonyl (C=S) groups is 1. The molecule has 1 saturated heterocycles. The number of nitrogens with zero attached hydrogens (tertiary/aromatic N) is 1. The summed E-state index contributed by atoms with van der Waals surface area (Å²) in [6, 6.07) is 18.8.